The number of carbonyl (C=O) groups excluding carboxylic acids is 2. The van der Waals surface area contributed by atoms with Gasteiger partial charge < -0.3 is 15.4 Å². The van der Waals surface area contributed by atoms with Gasteiger partial charge in [-0.2, -0.15) is 0 Å². The lowest BCUT2D eigenvalue weighted by molar-refractivity contribution is -0.117. The highest BCUT2D eigenvalue weighted by molar-refractivity contribution is 5.93. The van der Waals surface area contributed by atoms with Gasteiger partial charge in [-0.05, 0) is 57.1 Å². The molecule has 0 aromatic heterocycles. The summed E-state index contributed by atoms with van der Waals surface area (Å²) in [5.41, 5.74) is 1.18. The van der Waals surface area contributed by atoms with Crippen LogP contribution in [0.5, 0.6) is 0 Å². The first kappa shape index (κ1) is 14.5. The lowest BCUT2D eigenvalue weighted by atomic mass is 9.99. The van der Waals surface area contributed by atoms with E-state index in [9.17, 15) is 9.59 Å². The molecule has 2 N–H and O–H groups in total. The Morgan fingerprint density at radius 2 is 1.95 bits per heavy atom. The Morgan fingerprint density at radius 3 is 2.45 bits per heavy atom. The summed E-state index contributed by atoms with van der Waals surface area (Å²) in [5, 5.41) is 5.96. The van der Waals surface area contributed by atoms with Gasteiger partial charge in [0.15, 0.2) is 0 Å². The van der Waals surface area contributed by atoms with Gasteiger partial charge >= 0.3 is 5.97 Å². The monoisotopic (exact) mass is 276 g/mol. The van der Waals surface area contributed by atoms with Gasteiger partial charge in [-0.1, -0.05) is 0 Å². The number of anilines is 1. The number of ether oxygens (including phenoxy) is 1. The van der Waals surface area contributed by atoms with E-state index in [4.69, 9.17) is 4.74 Å². The molecule has 0 saturated carbocycles. The summed E-state index contributed by atoms with van der Waals surface area (Å²) in [6.45, 7) is 5.43. The van der Waals surface area contributed by atoms with E-state index >= 15 is 0 Å². The van der Waals surface area contributed by atoms with Crippen LogP contribution in [0.2, 0.25) is 0 Å². The molecule has 0 aliphatic carbocycles. The van der Waals surface area contributed by atoms with Crippen LogP contribution in [-0.4, -0.2) is 31.1 Å². The van der Waals surface area contributed by atoms with Gasteiger partial charge in [-0.15, -0.1) is 0 Å². The number of esters is 1. The van der Waals surface area contributed by atoms with E-state index in [0.717, 1.165) is 13.1 Å². The highest BCUT2D eigenvalue weighted by Gasteiger charge is 2.20. The van der Waals surface area contributed by atoms with Crippen LogP contribution in [0, 0.1) is 5.92 Å². The molecule has 1 heterocycles. The Labute approximate surface area is 118 Å². The smallest absolute Gasteiger partial charge is 0.338 e. The maximum Gasteiger partial charge on any atom is 0.338 e. The number of nitrogens with one attached hydrogen (secondary N) is 2. The zero-order chi connectivity index (χ0) is 14.5. The Kier molecular flexibility index (Phi) is 4.74. The fraction of sp³-hybridized carbons (Fsp3) is 0.467. The largest absolute Gasteiger partial charge is 0.459 e. The number of benzene rings is 1. The van der Waals surface area contributed by atoms with E-state index in [1.807, 2.05) is 13.8 Å². The van der Waals surface area contributed by atoms with Crippen molar-refractivity contribution >= 4 is 17.6 Å². The van der Waals surface area contributed by atoms with Gasteiger partial charge in [-0.3, -0.25) is 4.79 Å². The predicted octanol–water partition coefficient (Wildman–Crippen LogP) is 1.80. The van der Waals surface area contributed by atoms with Crippen molar-refractivity contribution in [1.29, 1.82) is 0 Å². The molecule has 1 aromatic carbocycles. The van der Waals surface area contributed by atoms with Crippen LogP contribution in [0.25, 0.3) is 0 Å². The van der Waals surface area contributed by atoms with E-state index in [2.05, 4.69) is 10.6 Å². The molecule has 0 atom stereocenters. The maximum absolute atomic E-state index is 11.7. The fourth-order valence-corrected chi connectivity index (χ4v) is 1.94. The molecule has 2 rings (SSSR count). The molecule has 0 bridgehead atoms. The minimum Gasteiger partial charge on any atom is -0.459 e. The quantitative estimate of drug-likeness (QED) is 0.805. The first-order valence-corrected chi connectivity index (χ1v) is 6.86. The highest BCUT2D eigenvalue weighted by atomic mass is 16.5. The first-order valence-electron chi connectivity index (χ1n) is 6.86. The molecule has 20 heavy (non-hydrogen) atoms. The third-order valence-electron chi connectivity index (χ3n) is 3.09. The van der Waals surface area contributed by atoms with Crippen LogP contribution in [0.15, 0.2) is 24.3 Å². The van der Waals surface area contributed by atoms with Crippen LogP contribution in [-0.2, 0) is 9.53 Å². The van der Waals surface area contributed by atoms with Crippen molar-refractivity contribution in [2.45, 2.75) is 26.4 Å². The van der Waals surface area contributed by atoms with Gasteiger partial charge in [-0.25, -0.2) is 4.79 Å². The number of hydrogen-bond acceptors (Lipinski definition) is 4. The summed E-state index contributed by atoms with van der Waals surface area (Å²) in [5.74, 6) is 0.0997. The summed E-state index contributed by atoms with van der Waals surface area (Å²) >= 11 is 0. The van der Waals surface area contributed by atoms with Crippen molar-refractivity contribution in [3.63, 3.8) is 0 Å². The highest BCUT2D eigenvalue weighted by Crippen LogP contribution is 2.14. The topological polar surface area (TPSA) is 67.4 Å². The number of amides is 1. The summed E-state index contributed by atoms with van der Waals surface area (Å²) in [4.78, 5) is 23.4. The van der Waals surface area contributed by atoms with Crippen LogP contribution in [0.4, 0.5) is 5.69 Å². The van der Waals surface area contributed by atoms with E-state index in [-0.39, 0.29) is 18.0 Å². The van der Waals surface area contributed by atoms with E-state index < -0.39 is 0 Å². The van der Waals surface area contributed by atoms with Gasteiger partial charge in [0.25, 0.3) is 0 Å². The number of hydrogen-bond donors (Lipinski definition) is 2. The maximum atomic E-state index is 11.7. The van der Waals surface area contributed by atoms with Crippen molar-refractivity contribution in [3.05, 3.63) is 29.8 Å². The standard InChI is InChI=1S/C15H20N2O3/c1-10(2)20-15(19)12-3-5-13(6-4-12)17-14(18)7-11-8-16-9-11/h3-6,10-11,16H,7-9H2,1-2H3,(H,17,18). The van der Waals surface area contributed by atoms with Crippen molar-refractivity contribution in [1.82, 2.24) is 5.32 Å². The normalized spacial score (nSPS) is 14.8. The second kappa shape index (κ2) is 6.52. The summed E-state index contributed by atoms with van der Waals surface area (Å²) < 4.78 is 5.10. The number of rotatable bonds is 5. The predicted molar refractivity (Wildman–Crippen MR) is 76.6 cm³/mol. The van der Waals surface area contributed by atoms with E-state index in [1.165, 1.54) is 0 Å². The van der Waals surface area contributed by atoms with Crippen LogP contribution >= 0.6 is 0 Å². The molecule has 0 radical (unpaired) electrons. The van der Waals surface area contributed by atoms with Crippen molar-refractivity contribution in [3.8, 4) is 0 Å². The molecule has 5 nitrogen and oxygen atoms in total. The molecule has 1 aliphatic heterocycles. The SMILES string of the molecule is CC(C)OC(=O)c1ccc(NC(=O)CC2CNC2)cc1. The van der Waals surface area contributed by atoms with Gasteiger partial charge in [0, 0.05) is 12.1 Å². The molecule has 108 valence electrons. The molecular weight excluding hydrogens is 256 g/mol. The second-order valence-corrected chi connectivity index (χ2v) is 5.31. The van der Waals surface area contributed by atoms with Crippen molar-refractivity contribution < 1.29 is 14.3 Å². The van der Waals surface area contributed by atoms with E-state index in [1.54, 1.807) is 24.3 Å². The fourth-order valence-electron chi connectivity index (χ4n) is 1.94. The minimum absolute atomic E-state index is 0.00834. The van der Waals surface area contributed by atoms with Gasteiger partial charge in [0.1, 0.15) is 0 Å². The third-order valence-corrected chi connectivity index (χ3v) is 3.09. The first-order chi connectivity index (χ1) is 9.54. The van der Waals surface area contributed by atoms with Crippen LogP contribution < -0.4 is 10.6 Å². The molecule has 5 heteroatoms. The Morgan fingerprint density at radius 1 is 1.30 bits per heavy atom. The molecule has 1 fully saturated rings. The molecule has 1 amide bonds. The molecule has 0 unspecified atom stereocenters. The third kappa shape index (κ3) is 4.06. The Balaban J connectivity index is 1.87. The average molecular weight is 276 g/mol. The Hall–Kier alpha value is -1.88. The molecule has 1 aromatic rings. The Bertz CT molecular complexity index is 478. The summed E-state index contributed by atoms with van der Waals surface area (Å²) in [6.07, 6.45) is 0.391. The van der Waals surface area contributed by atoms with Gasteiger partial charge in [0.05, 0.1) is 11.7 Å². The van der Waals surface area contributed by atoms with E-state index in [0.29, 0.717) is 23.6 Å². The zero-order valence-electron chi connectivity index (χ0n) is 11.8. The van der Waals surface area contributed by atoms with Gasteiger partial charge in [0.2, 0.25) is 5.91 Å². The summed E-state index contributed by atoms with van der Waals surface area (Å²) in [6, 6.07) is 6.75. The second-order valence-electron chi connectivity index (χ2n) is 5.31. The van der Waals surface area contributed by atoms with Crippen LogP contribution in [0.3, 0.4) is 0 Å². The van der Waals surface area contributed by atoms with Crippen molar-refractivity contribution in [2.24, 2.45) is 5.92 Å². The molecule has 1 saturated heterocycles. The zero-order valence-corrected chi connectivity index (χ0v) is 11.8. The number of carbonyl (C=O) groups is 2. The molecule has 0 spiro atoms. The lowest BCUT2D eigenvalue weighted by Gasteiger charge is -2.26. The summed E-state index contributed by atoms with van der Waals surface area (Å²) in [7, 11) is 0. The minimum atomic E-state index is -0.349. The average Bonchev–Trinajstić information content (AvgIpc) is 2.34. The lowest BCUT2D eigenvalue weighted by Crippen LogP contribution is -2.43. The van der Waals surface area contributed by atoms with Crippen molar-refractivity contribution in [2.75, 3.05) is 18.4 Å². The molecular formula is C15H20N2O3. The van der Waals surface area contributed by atoms with Crippen LogP contribution in [0.1, 0.15) is 30.6 Å². The molecule has 1 aliphatic rings.